The lowest BCUT2D eigenvalue weighted by molar-refractivity contribution is 0.185. The molecular weight excluding hydrogens is 160 g/mol. The zero-order valence-corrected chi connectivity index (χ0v) is 9.67. The van der Waals surface area contributed by atoms with Gasteiger partial charge in [0, 0.05) is 0 Å². The van der Waals surface area contributed by atoms with Gasteiger partial charge < -0.3 is 5.11 Å². The maximum Gasteiger partial charge on any atom is 0.0515 e. The number of hydrogen-bond acceptors (Lipinski definition) is 1. The highest BCUT2D eigenvalue weighted by Crippen LogP contribution is 2.06. The molecular formula is C12H24O. The summed E-state index contributed by atoms with van der Waals surface area (Å²) in [5.74, 6) is 0. The quantitative estimate of drug-likeness (QED) is 0.661. The van der Waals surface area contributed by atoms with Crippen LogP contribution in [0.2, 0.25) is 0 Å². The summed E-state index contributed by atoms with van der Waals surface area (Å²) in [7, 11) is 0. The van der Waals surface area contributed by atoms with Gasteiger partial charge in [0.05, 0.1) is 6.10 Å². The molecule has 0 radical (unpaired) electrons. The van der Waals surface area contributed by atoms with Gasteiger partial charge in [0.2, 0.25) is 0 Å². The van der Waals surface area contributed by atoms with Gasteiger partial charge in [-0.3, -0.25) is 0 Å². The Labute approximate surface area is 83.2 Å². The molecule has 0 aromatic heterocycles. The number of aliphatic hydroxyl groups is 1. The van der Waals surface area contributed by atoms with Crippen LogP contribution in [0.15, 0.2) is 23.8 Å². The molecule has 0 aromatic rings. The van der Waals surface area contributed by atoms with Crippen LogP contribution in [0.4, 0.5) is 0 Å². The molecule has 1 N–H and O–H groups in total. The molecule has 1 heteroatoms. The van der Waals surface area contributed by atoms with E-state index in [9.17, 15) is 0 Å². The highest BCUT2D eigenvalue weighted by Gasteiger charge is 1.94. The highest BCUT2D eigenvalue weighted by atomic mass is 16.3. The van der Waals surface area contributed by atoms with Crippen molar-refractivity contribution in [1.82, 2.24) is 0 Å². The summed E-state index contributed by atoms with van der Waals surface area (Å²) >= 11 is 0. The van der Waals surface area contributed by atoms with Crippen molar-refractivity contribution in [1.29, 1.82) is 0 Å². The number of rotatable bonds is 4. The van der Waals surface area contributed by atoms with Gasteiger partial charge in [0.15, 0.2) is 0 Å². The zero-order valence-electron chi connectivity index (χ0n) is 9.67. The monoisotopic (exact) mass is 184 g/mol. The molecule has 0 aliphatic heterocycles. The summed E-state index contributed by atoms with van der Waals surface area (Å²) in [6.07, 6.45) is 7.79. The summed E-state index contributed by atoms with van der Waals surface area (Å²) in [5, 5.41) is 8.98. The average Bonchev–Trinajstić information content (AvgIpc) is 2.14. The van der Waals surface area contributed by atoms with E-state index in [1.165, 1.54) is 5.57 Å². The minimum absolute atomic E-state index is 0.177. The molecule has 1 atom stereocenters. The molecule has 1 nitrogen and oxygen atoms in total. The topological polar surface area (TPSA) is 20.2 Å². The van der Waals surface area contributed by atoms with Crippen LogP contribution in [0.1, 0.15) is 47.5 Å². The fourth-order valence-corrected chi connectivity index (χ4v) is 0.780. The van der Waals surface area contributed by atoms with Crippen molar-refractivity contribution < 1.29 is 5.11 Å². The van der Waals surface area contributed by atoms with Crippen molar-refractivity contribution >= 4 is 0 Å². The number of aliphatic hydroxyl groups excluding tert-OH is 1. The Bertz CT molecular complexity index is 143. The number of hydrogen-bond donors (Lipinski definition) is 1. The SMILES string of the molecule is C/C=C\C=C(/C)CCC(C)O.CC. The van der Waals surface area contributed by atoms with Gasteiger partial charge in [-0.2, -0.15) is 0 Å². The van der Waals surface area contributed by atoms with E-state index in [4.69, 9.17) is 5.11 Å². The van der Waals surface area contributed by atoms with Gasteiger partial charge in [-0.1, -0.05) is 37.6 Å². The fraction of sp³-hybridized carbons (Fsp3) is 0.667. The van der Waals surface area contributed by atoms with Crippen molar-refractivity contribution in [3.8, 4) is 0 Å². The van der Waals surface area contributed by atoms with Crippen molar-refractivity contribution in [2.75, 3.05) is 0 Å². The van der Waals surface area contributed by atoms with Gasteiger partial charge in [-0.25, -0.2) is 0 Å². The maximum absolute atomic E-state index is 8.98. The van der Waals surface area contributed by atoms with Crippen LogP contribution in [0.3, 0.4) is 0 Å². The lowest BCUT2D eigenvalue weighted by atomic mass is 10.1. The highest BCUT2D eigenvalue weighted by molar-refractivity contribution is 5.09. The maximum atomic E-state index is 8.98. The molecule has 0 bridgehead atoms. The Balaban J connectivity index is 0. The summed E-state index contributed by atoms with van der Waals surface area (Å²) in [6, 6.07) is 0. The second-order valence-corrected chi connectivity index (χ2v) is 2.93. The fourth-order valence-electron chi connectivity index (χ4n) is 0.780. The van der Waals surface area contributed by atoms with Crippen LogP contribution in [-0.4, -0.2) is 11.2 Å². The third-order valence-corrected chi connectivity index (χ3v) is 1.53. The molecule has 0 aliphatic carbocycles. The largest absolute Gasteiger partial charge is 0.393 e. The van der Waals surface area contributed by atoms with Gasteiger partial charge in [-0.15, -0.1) is 0 Å². The zero-order chi connectivity index (χ0) is 10.7. The molecule has 0 saturated heterocycles. The minimum atomic E-state index is -0.177. The predicted molar refractivity (Wildman–Crippen MR) is 60.8 cm³/mol. The summed E-state index contributed by atoms with van der Waals surface area (Å²) in [4.78, 5) is 0. The van der Waals surface area contributed by atoms with E-state index < -0.39 is 0 Å². The first-order chi connectivity index (χ1) is 6.16. The van der Waals surface area contributed by atoms with Crippen LogP contribution in [-0.2, 0) is 0 Å². The molecule has 0 rings (SSSR count). The van der Waals surface area contributed by atoms with Crippen LogP contribution < -0.4 is 0 Å². The molecule has 78 valence electrons. The normalized spacial score (nSPS) is 13.8. The molecule has 0 aliphatic rings. The predicted octanol–water partition coefficient (Wildman–Crippen LogP) is 3.70. The molecule has 0 fully saturated rings. The van der Waals surface area contributed by atoms with Crippen LogP contribution >= 0.6 is 0 Å². The van der Waals surface area contributed by atoms with Crippen molar-refractivity contribution in [2.45, 2.75) is 53.6 Å². The smallest absolute Gasteiger partial charge is 0.0515 e. The van der Waals surface area contributed by atoms with Gasteiger partial charge in [-0.05, 0) is 33.6 Å². The third-order valence-electron chi connectivity index (χ3n) is 1.53. The van der Waals surface area contributed by atoms with Gasteiger partial charge in [0.1, 0.15) is 0 Å². The van der Waals surface area contributed by atoms with Gasteiger partial charge in [0.25, 0.3) is 0 Å². The second-order valence-electron chi connectivity index (χ2n) is 2.93. The van der Waals surface area contributed by atoms with Crippen LogP contribution in [0.5, 0.6) is 0 Å². The molecule has 13 heavy (non-hydrogen) atoms. The summed E-state index contributed by atoms with van der Waals surface area (Å²) < 4.78 is 0. The Kier molecular flexibility index (Phi) is 13.1. The average molecular weight is 184 g/mol. The van der Waals surface area contributed by atoms with Crippen LogP contribution in [0.25, 0.3) is 0 Å². The van der Waals surface area contributed by atoms with Crippen LogP contribution in [0, 0.1) is 0 Å². The molecule has 1 unspecified atom stereocenters. The van der Waals surface area contributed by atoms with E-state index in [1.807, 2.05) is 39.8 Å². The first-order valence-corrected chi connectivity index (χ1v) is 5.13. The lowest BCUT2D eigenvalue weighted by Crippen LogP contribution is -1.98. The van der Waals surface area contributed by atoms with E-state index in [-0.39, 0.29) is 6.10 Å². The second kappa shape index (κ2) is 11.4. The first-order valence-electron chi connectivity index (χ1n) is 5.13. The Morgan fingerprint density at radius 2 is 1.92 bits per heavy atom. The molecule has 0 amide bonds. The molecule has 0 saturated carbocycles. The standard InChI is InChI=1S/C10H18O.C2H6/c1-4-5-6-9(2)7-8-10(3)11;1-2/h4-6,10-11H,7-8H2,1-3H3;1-2H3/b5-4-,9-6+;. The van der Waals surface area contributed by atoms with E-state index in [2.05, 4.69) is 13.0 Å². The lowest BCUT2D eigenvalue weighted by Gasteiger charge is -2.02. The third kappa shape index (κ3) is 14.3. The Morgan fingerprint density at radius 1 is 1.38 bits per heavy atom. The van der Waals surface area contributed by atoms with E-state index in [1.54, 1.807) is 0 Å². The Morgan fingerprint density at radius 3 is 2.31 bits per heavy atom. The van der Waals surface area contributed by atoms with E-state index in [0.717, 1.165) is 12.8 Å². The van der Waals surface area contributed by atoms with E-state index in [0.29, 0.717) is 0 Å². The first kappa shape index (κ1) is 14.9. The van der Waals surface area contributed by atoms with Gasteiger partial charge >= 0.3 is 0 Å². The van der Waals surface area contributed by atoms with E-state index >= 15 is 0 Å². The Hall–Kier alpha value is -0.560. The number of allylic oxidation sites excluding steroid dienone is 4. The molecule has 0 heterocycles. The summed E-state index contributed by atoms with van der Waals surface area (Å²) in [6.45, 7) is 9.91. The van der Waals surface area contributed by atoms with Crippen molar-refractivity contribution in [3.63, 3.8) is 0 Å². The summed E-state index contributed by atoms with van der Waals surface area (Å²) in [5.41, 5.74) is 1.32. The van der Waals surface area contributed by atoms with Crippen molar-refractivity contribution in [2.24, 2.45) is 0 Å². The molecule has 0 aromatic carbocycles. The van der Waals surface area contributed by atoms with Crippen molar-refractivity contribution in [3.05, 3.63) is 23.8 Å². The minimum Gasteiger partial charge on any atom is -0.393 e. The molecule has 0 spiro atoms.